The Morgan fingerprint density at radius 1 is 0.760 bits per heavy atom. The summed E-state index contributed by atoms with van der Waals surface area (Å²) in [6, 6.07) is 12.0. The lowest BCUT2D eigenvalue weighted by Gasteiger charge is -2.31. The standard InChI is InChI=1S/C19H21BF2O3/c1-18(2)19(3,4)25-20(24-18)23-17(13-5-9-15(21)10-6-13)14-7-11-16(22)12-8-14/h5-12,17H,1-4H3. The van der Waals surface area contributed by atoms with E-state index in [0.717, 1.165) is 11.1 Å². The van der Waals surface area contributed by atoms with Gasteiger partial charge in [-0.15, -0.1) is 0 Å². The van der Waals surface area contributed by atoms with E-state index in [4.69, 9.17) is 14.0 Å². The third-order valence-electron chi connectivity index (χ3n) is 4.82. The molecule has 1 fully saturated rings. The molecular weight excluding hydrogens is 325 g/mol. The molecule has 0 unspecified atom stereocenters. The fraction of sp³-hybridized carbons (Fsp3) is 0.368. The summed E-state index contributed by atoms with van der Waals surface area (Å²) in [7, 11) is -0.884. The van der Waals surface area contributed by atoms with Crippen LogP contribution in [0.5, 0.6) is 0 Å². The van der Waals surface area contributed by atoms with Gasteiger partial charge in [-0.3, -0.25) is 0 Å². The Labute approximate surface area is 147 Å². The topological polar surface area (TPSA) is 27.7 Å². The summed E-state index contributed by atoms with van der Waals surface area (Å²) in [6.07, 6.45) is -0.573. The second-order valence-corrected chi connectivity index (χ2v) is 7.16. The molecule has 1 aliphatic rings. The monoisotopic (exact) mass is 346 g/mol. The van der Waals surface area contributed by atoms with E-state index in [2.05, 4.69) is 0 Å². The molecule has 0 bridgehead atoms. The molecule has 1 heterocycles. The highest BCUT2D eigenvalue weighted by molar-refractivity contribution is 6.37. The van der Waals surface area contributed by atoms with E-state index in [-0.39, 0.29) is 11.6 Å². The van der Waals surface area contributed by atoms with Crippen molar-refractivity contribution in [2.24, 2.45) is 0 Å². The van der Waals surface area contributed by atoms with Crippen molar-refractivity contribution in [1.29, 1.82) is 0 Å². The van der Waals surface area contributed by atoms with Crippen LogP contribution in [-0.4, -0.2) is 18.5 Å². The van der Waals surface area contributed by atoms with Crippen LogP contribution in [-0.2, 0) is 14.0 Å². The van der Waals surface area contributed by atoms with E-state index in [9.17, 15) is 8.78 Å². The Balaban J connectivity index is 1.90. The Kier molecular flexibility index (Phi) is 4.71. The minimum absolute atomic E-state index is 0.336. The van der Waals surface area contributed by atoms with Crippen molar-refractivity contribution >= 4 is 7.32 Å². The molecule has 2 aromatic carbocycles. The van der Waals surface area contributed by atoms with Crippen LogP contribution in [0.3, 0.4) is 0 Å². The largest absolute Gasteiger partial charge is 0.641 e. The summed E-state index contributed by atoms with van der Waals surface area (Å²) in [4.78, 5) is 0. The van der Waals surface area contributed by atoms with Crippen molar-refractivity contribution in [3.05, 3.63) is 71.3 Å². The first-order chi connectivity index (χ1) is 11.7. The maximum Gasteiger partial charge on any atom is 0.641 e. The average molecular weight is 346 g/mol. The lowest BCUT2D eigenvalue weighted by molar-refractivity contribution is 0.00578. The molecule has 0 aromatic heterocycles. The Bertz CT molecular complexity index is 668. The summed E-state index contributed by atoms with van der Waals surface area (Å²) in [5.74, 6) is -0.672. The maximum atomic E-state index is 13.3. The number of hydrogen-bond acceptors (Lipinski definition) is 3. The fourth-order valence-corrected chi connectivity index (χ4v) is 2.58. The number of hydrogen-bond donors (Lipinski definition) is 0. The van der Waals surface area contributed by atoms with E-state index in [0.29, 0.717) is 0 Å². The third-order valence-corrected chi connectivity index (χ3v) is 4.82. The molecule has 0 spiro atoms. The van der Waals surface area contributed by atoms with Crippen molar-refractivity contribution in [3.8, 4) is 0 Å². The van der Waals surface area contributed by atoms with Gasteiger partial charge in [-0.2, -0.15) is 0 Å². The first-order valence-electron chi connectivity index (χ1n) is 8.20. The van der Waals surface area contributed by atoms with Crippen LogP contribution < -0.4 is 0 Å². The van der Waals surface area contributed by atoms with Crippen LogP contribution in [0.4, 0.5) is 8.78 Å². The molecule has 0 saturated carbocycles. The minimum atomic E-state index is -0.884. The van der Waals surface area contributed by atoms with Crippen molar-refractivity contribution in [2.45, 2.75) is 45.0 Å². The van der Waals surface area contributed by atoms with Gasteiger partial charge in [-0.1, -0.05) is 24.3 Å². The van der Waals surface area contributed by atoms with E-state index in [1.165, 1.54) is 24.3 Å². The predicted molar refractivity (Wildman–Crippen MR) is 91.8 cm³/mol. The van der Waals surface area contributed by atoms with Crippen molar-refractivity contribution in [2.75, 3.05) is 0 Å². The molecule has 1 aliphatic heterocycles. The van der Waals surface area contributed by atoms with Crippen LogP contribution in [0.25, 0.3) is 0 Å². The molecule has 0 atom stereocenters. The molecule has 132 valence electrons. The predicted octanol–water partition coefficient (Wildman–Crippen LogP) is 4.66. The zero-order valence-corrected chi connectivity index (χ0v) is 14.8. The molecule has 3 rings (SSSR count). The summed E-state index contributed by atoms with van der Waals surface area (Å²) in [5.41, 5.74) is 0.382. The molecule has 1 saturated heterocycles. The van der Waals surface area contributed by atoms with Gasteiger partial charge in [-0.25, -0.2) is 8.78 Å². The van der Waals surface area contributed by atoms with Crippen molar-refractivity contribution in [1.82, 2.24) is 0 Å². The normalized spacial score (nSPS) is 18.8. The van der Waals surface area contributed by atoms with Gasteiger partial charge in [0.05, 0.1) is 17.3 Å². The van der Waals surface area contributed by atoms with Crippen LogP contribution in [0.15, 0.2) is 48.5 Å². The summed E-state index contributed by atoms with van der Waals surface area (Å²) < 4.78 is 44.4. The van der Waals surface area contributed by atoms with Gasteiger partial charge >= 0.3 is 7.32 Å². The highest BCUT2D eigenvalue weighted by atomic mass is 19.1. The smallest absolute Gasteiger partial charge is 0.378 e. The van der Waals surface area contributed by atoms with Gasteiger partial charge in [0, 0.05) is 0 Å². The Morgan fingerprint density at radius 3 is 1.48 bits per heavy atom. The molecule has 6 heteroatoms. The zero-order valence-electron chi connectivity index (χ0n) is 14.8. The highest BCUT2D eigenvalue weighted by Crippen LogP contribution is 2.39. The van der Waals surface area contributed by atoms with E-state index < -0.39 is 24.6 Å². The first kappa shape index (κ1) is 18.0. The average Bonchev–Trinajstić information content (AvgIpc) is 2.74. The summed E-state index contributed by atoms with van der Waals surface area (Å²) >= 11 is 0. The van der Waals surface area contributed by atoms with E-state index >= 15 is 0 Å². The zero-order chi connectivity index (χ0) is 18.2. The second kappa shape index (κ2) is 6.52. The molecule has 0 aliphatic carbocycles. The van der Waals surface area contributed by atoms with Gasteiger partial charge in [0.15, 0.2) is 0 Å². The van der Waals surface area contributed by atoms with E-state index in [1.807, 2.05) is 27.7 Å². The van der Waals surface area contributed by atoms with Gasteiger partial charge in [0.25, 0.3) is 0 Å². The summed E-state index contributed by atoms with van der Waals surface area (Å²) in [6.45, 7) is 7.73. The quantitative estimate of drug-likeness (QED) is 0.754. The van der Waals surface area contributed by atoms with Gasteiger partial charge in [0.2, 0.25) is 0 Å². The molecule has 3 nitrogen and oxygen atoms in total. The summed E-state index contributed by atoms with van der Waals surface area (Å²) in [5, 5.41) is 0. The Hall–Kier alpha value is -1.76. The number of rotatable bonds is 4. The van der Waals surface area contributed by atoms with Crippen LogP contribution in [0, 0.1) is 11.6 Å². The van der Waals surface area contributed by atoms with E-state index in [1.54, 1.807) is 24.3 Å². The second-order valence-electron chi connectivity index (χ2n) is 7.16. The van der Waals surface area contributed by atoms with Gasteiger partial charge in [0.1, 0.15) is 11.6 Å². The van der Waals surface area contributed by atoms with Crippen LogP contribution >= 0.6 is 0 Å². The van der Waals surface area contributed by atoms with Gasteiger partial charge < -0.3 is 14.0 Å². The lowest BCUT2D eigenvalue weighted by atomic mass is 9.90. The molecule has 2 aromatic rings. The molecule has 0 radical (unpaired) electrons. The lowest BCUT2D eigenvalue weighted by Crippen LogP contribution is -2.41. The fourth-order valence-electron chi connectivity index (χ4n) is 2.58. The van der Waals surface area contributed by atoms with Crippen molar-refractivity contribution in [3.63, 3.8) is 0 Å². The molecular formula is C19H21BF2O3. The third kappa shape index (κ3) is 3.76. The highest BCUT2D eigenvalue weighted by Gasteiger charge is 2.53. The minimum Gasteiger partial charge on any atom is -0.378 e. The number of benzene rings is 2. The first-order valence-corrected chi connectivity index (χ1v) is 8.20. The van der Waals surface area contributed by atoms with Gasteiger partial charge in [-0.05, 0) is 63.1 Å². The molecule has 0 amide bonds. The number of halogens is 2. The Morgan fingerprint density at radius 2 is 1.12 bits per heavy atom. The SMILES string of the molecule is CC1(C)OB(OC(c2ccc(F)cc2)c2ccc(F)cc2)OC1(C)C. The molecule has 25 heavy (non-hydrogen) atoms. The van der Waals surface area contributed by atoms with Crippen LogP contribution in [0.1, 0.15) is 44.9 Å². The van der Waals surface area contributed by atoms with Crippen molar-refractivity contribution < 1.29 is 22.7 Å². The van der Waals surface area contributed by atoms with Crippen LogP contribution in [0.2, 0.25) is 0 Å². The molecule has 0 N–H and O–H groups in total. The maximum absolute atomic E-state index is 13.3.